The van der Waals surface area contributed by atoms with Crippen molar-refractivity contribution in [3.8, 4) is 0 Å². The van der Waals surface area contributed by atoms with Crippen molar-refractivity contribution in [2.75, 3.05) is 26.2 Å². The molecule has 1 saturated heterocycles. The molecule has 4 bridgehead atoms. The summed E-state index contributed by atoms with van der Waals surface area (Å²) < 4.78 is 0. The van der Waals surface area contributed by atoms with E-state index >= 15 is 0 Å². The summed E-state index contributed by atoms with van der Waals surface area (Å²) in [4.78, 5) is 30.7. The molecule has 0 radical (unpaired) electrons. The Bertz CT molecular complexity index is 615. The number of hydrogen-bond donors (Lipinski definition) is 1. The molecule has 28 heavy (non-hydrogen) atoms. The van der Waals surface area contributed by atoms with Gasteiger partial charge in [-0.2, -0.15) is 0 Å². The zero-order valence-corrected chi connectivity index (χ0v) is 17.5. The first-order chi connectivity index (χ1) is 13.4. The van der Waals surface area contributed by atoms with Crippen LogP contribution in [0.5, 0.6) is 0 Å². The fourth-order valence-corrected chi connectivity index (χ4v) is 7.82. The highest BCUT2D eigenvalue weighted by molar-refractivity contribution is 5.84. The third-order valence-electron chi connectivity index (χ3n) is 8.92. The number of nitrogens with zero attached hydrogens (tertiary/aromatic N) is 2. The maximum absolute atomic E-state index is 13.5. The summed E-state index contributed by atoms with van der Waals surface area (Å²) in [5.41, 5.74) is 6.03. The number of hydrogen-bond acceptors (Lipinski definition) is 3. The van der Waals surface area contributed by atoms with Crippen molar-refractivity contribution in [2.45, 2.75) is 76.7 Å². The summed E-state index contributed by atoms with van der Waals surface area (Å²) in [7, 11) is 0. The Morgan fingerprint density at radius 1 is 0.857 bits per heavy atom. The van der Waals surface area contributed by atoms with Gasteiger partial charge >= 0.3 is 0 Å². The summed E-state index contributed by atoms with van der Waals surface area (Å²) in [6, 6.07) is 0. The van der Waals surface area contributed by atoms with E-state index in [1.165, 1.54) is 19.3 Å². The molecule has 156 valence electrons. The Morgan fingerprint density at radius 2 is 1.39 bits per heavy atom. The Hall–Kier alpha value is -1.10. The molecule has 2 N–H and O–H groups in total. The molecule has 1 heterocycles. The van der Waals surface area contributed by atoms with E-state index < -0.39 is 0 Å². The zero-order chi connectivity index (χ0) is 19.5. The van der Waals surface area contributed by atoms with Gasteiger partial charge in [-0.05, 0) is 76.0 Å². The maximum atomic E-state index is 13.5. The van der Waals surface area contributed by atoms with Gasteiger partial charge in [0.15, 0.2) is 0 Å². The quantitative estimate of drug-likeness (QED) is 0.792. The van der Waals surface area contributed by atoms with Crippen molar-refractivity contribution in [1.29, 1.82) is 0 Å². The standard InChI is InChI=1S/C23H37N3O2/c1-22(24)5-3-2-4-19(22)20(27)25-6-8-26(9-7-25)21(28)23-13-16-10-17(14-23)12-18(11-16)15-23/h16-19H,2-15,24H2,1H3. The fourth-order valence-electron chi connectivity index (χ4n) is 7.82. The topological polar surface area (TPSA) is 66.6 Å². The first-order valence-electron chi connectivity index (χ1n) is 11.7. The van der Waals surface area contributed by atoms with Crippen molar-refractivity contribution < 1.29 is 9.59 Å². The number of carbonyl (C=O) groups is 2. The van der Waals surface area contributed by atoms with Crippen molar-refractivity contribution in [1.82, 2.24) is 9.80 Å². The first kappa shape index (κ1) is 18.9. The van der Waals surface area contributed by atoms with Crippen LogP contribution in [0.15, 0.2) is 0 Å². The van der Waals surface area contributed by atoms with E-state index in [4.69, 9.17) is 5.73 Å². The highest BCUT2D eigenvalue weighted by atomic mass is 16.2. The molecule has 0 spiro atoms. The van der Waals surface area contributed by atoms with Crippen LogP contribution in [0.4, 0.5) is 0 Å². The van der Waals surface area contributed by atoms with Crippen LogP contribution in [-0.4, -0.2) is 53.3 Å². The molecule has 0 aromatic heterocycles. The van der Waals surface area contributed by atoms with E-state index in [0.717, 1.165) is 62.7 Å². The van der Waals surface area contributed by atoms with Gasteiger partial charge in [-0.3, -0.25) is 9.59 Å². The van der Waals surface area contributed by atoms with Gasteiger partial charge in [0, 0.05) is 31.7 Å². The Balaban J connectivity index is 1.22. The molecule has 5 saturated carbocycles. The lowest BCUT2D eigenvalue weighted by Gasteiger charge is -2.57. The van der Waals surface area contributed by atoms with E-state index in [1.54, 1.807) is 0 Å². The van der Waals surface area contributed by atoms with Gasteiger partial charge in [0.1, 0.15) is 0 Å². The Labute approximate surface area is 169 Å². The van der Waals surface area contributed by atoms with Crippen LogP contribution >= 0.6 is 0 Å². The largest absolute Gasteiger partial charge is 0.339 e. The van der Waals surface area contributed by atoms with Crippen LogP contribution in [0.3, 0.4) is 0 Å². The normalized spacial score (nSPS) is 45.4. The van der Waals surface area contributed by atoms with Gasteiger partial charge in [-0.15, -0.1) is 0 Å². The molecular formula is C23H37N3O2. The summed E-state index contributed by atoms with van der Waals surface area (Å²) >= 11 is 0. The van der Waals surface area contributed by atoms with E-state index in [1.807, 2.05) is 11.8 Å². The van der Waals surface area contributed by atoms with Gasteiger partial charge in [-0.25, -0.2) is 0 Å². The van der Waals surface area contributed by atoms with Gasteiger partial charge in [0.25, 0.3) is 0 Å². The molecule has 6 rings (SSSR count). The first-order valence-corrected chi connectivity index (χ1v) is 11.7. The molecule has 6 aliphatic rings. The number of piperazine rings is 1. The summed E-state index contributed by atoms with van der Waals surface area (Å²) in [5.74, 6) is 2.99. The van der Waals surface area contributed by atoms with Crippen LogP contribution in [0.2, 0.25) is 0 Å². The van der Waals surface area contributed by atoms with Crippen molar-refractivity contribution in [2.24, 2.45) is 34.8 Å². The predicted molar refractivity (Wildman–Crippen MR) is 108 cm³/mol. The summed E-state index contributed by atoms with van der Waals surface area (Å²) in [5, 5.41) is 0. The summed E-state index contributed by atoms with van der Waals surface area (Å²) in [6.45, 7) is 4.83. The second kappa shape index (κ2) is 6.72. The Morgan fingerprint density at radius 3 is 1.93 bits per heavy atom. The Kier molecular flexibility index (Phi) is 4.53. The van der Waals surface area contributed by atoms with Crippen molar-refractivity contribution in [3.63, 3.8) is 0 Å². The van der Waals surface area contributed by atoms with E-state index in [9.17, 15) is 9.59 Å². The minimum absolute atomic E-state index is 0.0494. The monoisotopic (exact) mass is 387 g/mol. The number of nitrogens with two attached hydrogens (primary N) is 1. The lowest BCUT2D eigenvalue weighted by molar-refractivity contribution is -0.161. The number of amides is 2. The lowest BCUT2D eigenvalue weighted by atomic mass is 9.49. The molecule has 5 heteroatoms. The average molecular weight is 388 g/mol. The third kappa shape index (κ3) is 3.09. The van der Waals surface area contributed by atoms with E-state index in [0.29, 0.717) is 32.1 Å². The molecule has 0 aromatic rings. The van der Waals surface area contributed by atoms with Crippen molar-refractivity contribution in [3.05, 3.63) is 0 Å². The summed E-state index contributed by atoms with van der Waals surface area (Å²) in [6.07, 6.45) is 11.6. The molecule has 5 aliphatic carbocycles. The zero-order valence-electron chi connectivity index (χ0n) is 17.5. The van der Waals surface area contributed by atoms with Crippen LogP contribution in [-0.2, 0) is 9.59 Å². The van der Waals surface area contributed by atoms with Crippen LogP contribution < -0.4 is 5.73 Å². The number of carbonyl (C=O) groups excluding carboxylic acids is 2. The molecule has 5 nitrogen and oxygen atoms in total. The van der Waals surface area contributed by atoms with E-state index in [-0.39, 0.29) is 22.8 Å². The molecule has 2 atom stereocenters. The van der Waals surface area contributed by atoms with Crippen molar-refractivity contribution >= 4 is 11.8 Å². The number of rotatable bonds is 2. The molecule has 2 amide bonds. The highest BCUT2D eigenvalue weighted by Gasteiger charge is 2.55. The van der Waals surface area contributed by atoms with Gasteiger partial charge in [0.2, 0.25) is 11.8 Å². The fraction of sp³-hybridized carbons (Fsp3) is 0.913. The second-order valence-electron chi connectivity index (χ2n) is 11.1. The van der Waals surface area contributed by atoms with Gasteiger partial charge < -0.3 is 15.5 Å². The predicted octanol–water partition coefficient (Wildman–Crippen LogP) is 2.78. The maximum Gasteiger partial charge on any atom is 0.228 e. The minimum atomic E-state index is -0.374. The molecule has 6 fully saturated rings. The SMILES string of the molecule is CC1(N)CCCCC1C(=O)N1CCN(C(=O)C23CC4CC(CC(C4)C2)C3)CC1. The van der Waals surface area contributed by atoms with E-state index in [2.05, 4.69) is 4.90 Å². The van der Waals surface area contributed by atoms with Crippen LogP contribution in [0.1, 0.15) is 71.1 Å². The third-order valence-corrected chi connectivity index (χ3v) is 8.92. The highest BCUT2D eigenvalue weighted by Crippen LogP contribution is 2.60. The average Bonchev–Trinajstić information content (AvgIpc) is 2.66. The van der Waals surface area contributed by atoms with Crippen LogP contribution in [0.25, 0.3) is 0 Å². The molecular weight excluding hydrogens is 350 g/mol. The lowest BCUT2D eigenvalue weighted by Crippen LogP contribution is -2.60. The molecule has 2 unspecified atom stereocenters. The smallest absolute Gasteiger partial charge is 0.228 e. The van der Waals surface area contributed by atoms with Crippen LogP contribution in [0, 0.1) is 29.1 Å². The van der Waals surface area contributed by atoms with Gasteiger partial charge in [-0.1, -0.05) is 12.8 Å². The molecule has 1 aliphatic heterocycles. The second-order valence-corrected chi connectivity index (χ2v) is 11.1. The van der Waals surface area contributed by atoms with Gasteiger partial charge in [0.05, 0.1) is 11.3 Å². The molecule has 0 aromatic carbocycles. The minimum Gasteiger partial charge on any atom is -0.339 e.